The predicted octanol–water partition coefficient (Wildman–Crippen LogP) is 5.42. The van der Waals surface area contributed by atoms with Gasteiger partial charge in [0.05, 0.1) is 6.26 Å². The number of piperazine rings is 1. The molecule has 222 valence electrons. The van der Waals surface area contributed by atoms with Crippen LogP contribution in [0.5, 0.6) is 0 Å². The first-order valence-corrected chi connectivity index (χ1v) is 14.3. The molecule has 2 unspecified atom stereocenters. The molecule has 2 heterocycles. The summed E-state index contributed by atoms with van der Waals surface area (Å²) < 4.78 is 137. The van der Waals surface area contributed by atoms with Crippen molar-refractivity contribution in [1.29, 1.82) is 0 Å². The third-order valence-corrected chi connectivity index (χ3v) is 9.11. The van der Waals surface area contributed by atoms with Gasteiger partial charge in [0.15, 0.2) is 11.6 Å². The molecule has 4 rings (SSSR count). The number of rotatable bonds is 6. The lowest BCUT2D eigenvalue weighted by Crippen LogP contribution is -2.55. The van der Waals surface area contributed by atoms with Crippen LogP contribution < -0.4 is 0 Å². The van der Waals surface area contributed by atoms with Crippen LogP contribution in [-0.4, -0.2) is 66.5 Å². The molecule has 5 nitrogen and oxygen atoms in total. The Hall–Kier alpha value is -2.29. The average molecular weight is 601 g/mol. The van der Waals surface area contributed by atoms with Gasteiger partial charge in [-0.25, -0.2) is 17.2 Å². The molecule has 0 spiro atoms. The van der Waals surface area contributed by atoms with Crippen LogP contribution in [0, 0.1) is 18.6 Å². The second kappa shape index (κ2) is 10.2. The van der Waals surface area contributed by atoms with E-state index in [4.69, 9.17) is 0 Å². The van der Waals surface area contributed by atoms with Gasteiger partial charge in [-0.3, -0.25) is 4.90 Å². The van der Waals surface area contributed by atoms with Crippen LogP contribution in [0.4, 0.5) is 35.1 Å². The third-order valence-electron chi connectivity index (χ3n) is 7.75. The van der Waals surface area contributed by atoms with Crippen LogP contribution in [0.1, 0.15) is 42.0 Å². The van der Waals surface area contributed by atoms with E-state index in [2.05, 4.69) is 0 Å². The van der Waals surface area contributed by atoms with Gasteiger partial charge in [0.2, 0.25) is 10.0 Å². The zero-order valence-corrected chi connectivity index (χ0v) is 22.6. The van der Waals surface area contributed by atoms with Crippen LogP contribution in [0.15, 0.2) is 24.3 Å². The standard InChI is InChI=1S/C26H28F8N2O3S/c1-4-15-10-16(11-35-12-18-6-7-19(13-35)36(18)40(3,38)39)22(27)23(28)21(15)20-8-5-17(9-14(20)2)24(37,25(29,30)31)26(32,33)34/h5,8-10,18-19,37H,4,6-7,11-13H2,1-3H3. The third kappa shape index (κ3) is 5.12. The summed E-state index contributed by atoms with van der Waals surface area (Å²) in [6.45, 7) is 3.43. The molecule has 2 atom stereocenters. The number of hydrogen-bond acceptors (Lipinski definition) is 4. The van der Waals surface area contributed by atoms with Crippen molar-refractivity contribution in [3.05, 3.63) is 58.2 Å². The minimum atomic E-state index is -6.08. The van der Waals surface area contributed by atoms with Crippen molar-refractivity contribution < 1.29 is 48.6 Å². The molecule has 14 heteroatoms. The molecule has 2 aliphatic rings. The summed E-state index contributed by atoms with van der Waals surface area (Å²) in [6, 6.07) is 2.54. The van der Waals surface area contributed by atoms with Crippen molar-refractivity contribution in [2.24, 2.45) is 0 Å². The minimum absolute atomic E-state index is 0.00287. The Kier molecular flexibility index (Phi) is 7.83. The quantitative estimate of drug-likeness (QED) is 0.450. The van der Waals surface area contributed by atoms with Gasteiger partial charge in [-0.15, -0.1) is 0 Å². The van der Waals surface area contributed by atoms with E-state index in [1.54, 1.807) is 6.92 Å². The lowest BCUT2D eigenvalue weighted by atomic mass is 9.86. The van der Waals surface area contributed by atoms with Gasteiger partial charge >= 0.3 is 12.4 Å². The predicted molar refractivity (Wildman–Crippen MR) is 131 cm³/mol. The van der Waals surface area contributed by atoms with E-state index in [0.29, 0.717) is 38.1 Å². The maximum absolute atomic E-state index is 15.5. The van der Waals surface area contributed by atoms with E-state index in [0.717, 1.165) is 19.2 Å². The first-order valence-electron chi connectivity index (χ1n) is 12.5. The van der Waals surface area contributed by atoms with Crippen LogP contribution in [0.2, 0.25) is 0 Å². The number of aliphatic hydroxyl groups is 1. The smallest absolute Gasteiger partial charge is 0.369 e. The molecular weight excluding hydrogens is 572 g/mol. The summed E-state index contributed by atoms with van der Waals surface area (Å²) >= 11 is 0. The SMILES string of the molecule is CCc1cc(CN2CC3CCC(C2)N3S(C)(=O)=O)c(F)c(F)c1-c1ccc(C(O)(C(F)(F)F)C(F)(F)F)cc1C. The topological polar surface area (TPSA) is 60.9 Å². The second-order valence-corrected chi connectivity index (χ2v) is 12.3. The van der Waals surface area contributed by atoms with Crippen LogP contribution in [0.25, 0.3) is 11.1 Å². The Morgan fingerprint density at radius 2 is 1.48 bits per heavy atom. The van der Waals surface area contributed by atoms with Gasteiger partial charge in [0.25, 0.3) is 5.60 Å². The molecule has 2 bridgehead atoms. The van der Waals surface area contributed by atoms with Crippen LogP contribution in [0.3, 0.4) is 0 Å². The highest BCUT2D eigenvalue weighted by molar-refractivity contribution is 7.88. The molecule has 0 radical (unpaired) electrons. The summed E-state index contributed by atoms with van der Waals surface area (Å²) in [6.07, 6.45) is -9.56. The largest absolute Gasteiger partial charge is 0.430 e. The highest BCUT2D eigenvalue weighted by atomic mass is 32.2. The summed E-state index contributed by atoms with van der Waals surface area (Å²) in [5, 5.41) is 9.71. The number of aryl methyl sites for hydroxylation is 2. The average Bonchev–Trinajstić information content (AvgIpc) is 3.12. The number of likely N-dealkylation sites (tertiary alicyclic amines) is 1. The second-order valence-electron chi connectivity index (χ2n) is 10.5. The lowest BCUT2D eigenvalue weighted by Gasteiger charge is -2.39. The maximum atomic E-state index is 15.5. The fourth-order valence-electron chi connectivity index (χ4n) is 5.94. The normalized spacial score (nSPS) is 21.3. The van der Waals surface area contributed by atoms with Crippen molar-refractivity contribution in [3.8, 4) is 11.1 Å². The van der Waals surface area contributed by atoms with E-state index in [1.165, 1.54) is 10.4 Å². The summed E-state index contributed by atoms with van der Waals surface area (Å²) in [4.78, 5) is 1.84. The Morgan fingerprint density at radius 1 is 0.925 bits per heavy atom. The Morgan fingerprint density at radius 3 is 1.93 bits per heavy atom. The molecule has 0 aromatic heterocycles. The summed E-state index contributed by atoms with van der Waals surface area (Å²) in [5.41, 5.74) is -6.99. The number of nitrogens with zero attached hydrogens (tertiary/aromatic N) is 2. The number of sulfonamides is 1. The van der Waals surface area contributed by atoms with Crippen molar-refractivity contribution in [1.82, 2.24) is 9.21 Å². The van der Waals surface area contributed by atoms with E-state index in [-0.39, 0.29) is 52.9 Å². The molecule has 0 saturated carbocycles. The van der Waals surface area contributed by atoms with Crippen molar-refractivity contribution in [3.63, 3.8) is 0 Å². The molecule has 0 amide bonds. The molecular formula is C26H28F8N2O3S. The van der Waals surface area contributed by atoms with Crippen molar-refractivity contribution in [2.75, 3.05) is 19.3 Å². The first-order chi connectivity index (χ1) is 18.3. The van der Waals surface area contributed by atoms with Gasteiger partial charge in [-0.05, 0) is 42.9 Å². The number of benzene rings is 2. The van der Waals surface area contributed by atoms with Crippen molar-refractivity contribution in [2.45, 2.75) is 69.7 Å². The molecule has 2 aromatic rings. The maximum Gasteiger partial charge on any atom is 0.430 e. The zero-order valence-electron chi connectivity index (χ0n) is 21.8. The number of alkyl halides is 6. The van der Waals surface area contributed by atoms with Gasteiger partial charge in [-0.2, -0.15) is 30.6 Å². The fraction of sp³-hybridized carbons (Fsp3) is 0.538. The molecule has 2 aromatic carbocycles. The van der Waals surface area contributed by atoms with Gasteiger partial charge in [0.1, 0.15) is 0 Å². The Labute approximate surface area is 226 Å². The van der Waals surface area contributed by atoms with E-state index < -0.39 is 45.2 Å². The molecule has 40 heavy (non-hydrogen) atoms. The van der Waals surface area contributed by atoms with E-state index in [9.17, 15) is 39.9 Å². The lowest BCUT2D eigenvalue weighted by molar-refractivity contribution is -0.376. The molecule has 0 aliphatic carbocycles. The number of halogens is 8. The van der Waals surface area contributed by atoms with Gasteiger partial charge < -0.3 is 5.11 Å². The number of hydrogen-bond donors (Lipinski definition) is 1. The minimum Gasteiger partial charge on any atom is -0.369 e. The fourth-order valence-corrected chi connectivity index (χ4v) is 7.37. The summed E-state index contributed by atoms with van der Waals surface area (Å²) in [5.74, 6) is -2.51. The summed E-state index contributed by atoms with van der Waals surface area (Å²) in [7, 11) is -3.42. The Bertz CT molecular complexity index is 1380. The zero-order chi connectivity index (χ0) is 30.0. The number of fused-ring (bicyclic) bond motifs is 2. The van der Waals surface area contributed by atoms with Crippen LogP contribution >= 0.6 is 0 Å². The molecule has 2 saturated heterocycles. The molecule has 2 aliphatic heterocycles. The van der Waals surface area contributed by atoms with E-state index >= 15 is 8.78 Å². The van der Waals surface area contributed by atoms with E-state index in [1.807, 2.05) is 4.90 Å². The first kappa shape index (κ1) is 30.7. The highest BCUT2D eigenvalue weighted by Gasteiger charge is 2.71. The Balaban J connectivity index is 1.69. The molecule has 2 fully saturated rings. The van der Waals surface area contributed by atoms with Crippen molar-refractivity contribution >= 4 is 10.0 Å². The molecule has 1 N–H and O–H groups in total. The van der Waals surface area contributed by atoms with Crippen LogP contribution in [-0.2, 0) is 28.6 Å². The van der Waals surface area contributed by atoms with Gasteiger partial charge in [0, 0.05) is 48.4 Å². The van der Waals surface area contributed by atoms with Gasteiger partial charge in [-0.1, -0.05) is 31.2 Å². The highest BCUT2D eigenvalue weighted by Crippen LogP contribution is 2.50. The monoisotopic (exact) mass is 600 g/mol.